The third-order valence-corrected chi connectivity index (χ3v) is 5.48. The van der Waals surface area contributed by atoms with Gasteiger partial charge in [0.15, 0.2) is 0 Å². The summed E-state index contributed by atoms with van der Waals surface area (Å²) in [5, 5.41) is 5.55. The molecule has 1 heterocycles. The van der Waals surface area contributed by atoms with Crippen LogP contribution >= 0.6 is 0 Å². The summed E-state index contributed by atoms with van der Waals surface area (Å²) >= 11 is 0. The second kappa shape index (κ2) is 9.43. The minimum absolute atomic E-state index is 0.119. The molecule has 7 heteroatoms. The van der Waals surface area contributed by atoms with Crippen molar-refractivity contribution < 1.29 is 19.1 Å². The van der Waals surface area contributed by atoms with Crippen LogP contribution < -0.4 is 10.6 Å². The zero-order valence-corrected chi connectivity index (χ0v) is 17.3. The molecule has 1 atom stereocenters. The minimum Gasteiger partial charge on any atom is -0.453 e. The number of likely N-dealkylation sites (tertiary alicyclic amines) is 1. The molecular weight excluding hydrogens is 382 g/mol. The molecule has 30 heavy (non-hydrogen) atoms. The van der Waals surface area contributed by atoms with Gasteiger partial charge in [0.2, 0.25) is 5.91 Å². The van der Waals surface area contributed by atoms with Crippen molar-refractivity contribution in [3.05, 3.63) is 65.7 Å². The van der Waals surface area contributed by atoms with Crippen LogP contribution in [0.15, 0.2) is 54.6 Å². The molecule has 0 aliphatic carbocycles. The highest BCUT2D eigenvalue weighted by atomic mass is 16.5. The van der Waals surface area contributed by atoms with Crippen LogP contribution in [0.2, 0.25) is 0 Å². The van der Waals surface area contributed by atoms with Gasteiger partial charge in [-0.3, -0.25) is 14.9 Å². The second-order valence-corrected chi connectivity index (χ2v) is 7.55. The molecule has 0 bridgehead atoms. The van der Waals surface area contributed by atoms with Crippen molar-refractivity contribution in [2.75, 3.05) is 19.0 Å². The highest BCUT2D eigenvalue weighted by molar-refractivity contribution is 5.99. The molecule has 1 saturated heterocycles. The lowest BCUT2D eigenvalue weighted by Gasteiger charge is -2.43. The van der Waals surface area contributed by atoms with E-state index in [-0.39, 0.29) is 11.8 Å². The first-order valence-corrected chi connectivity index (χ1v) is 10.0. The number of carbonyl (C=O) groups is 3. The molecule has 0 aromatic heterocycles. The van der Waals surface area contributed by atoms with Gasteiger partial charge < -0.3 is 15.0 Å². The summed E-state index contributed by atoms with van der Waals surface area (Å²) in [4.78, 5) is 39.1. The van der Waals surface area contributed by atoms with Crippen LogP contribution in [0.4, 0.5) is 10.5 Å². The molecule has 0 saturated carbocycles. The summed E-state index contributed by atoms with van der Waals surface area (Å²) < 4.78 is 4.56. The molecule has 0 radical (unpaired) electrons. The molecule has 1 aliphatic heterocycles. The van der Waals surface area contributed by atoms with Gasteiger partial charge in [-0.15, -0.1) is 0 Å². The Kier molecular flexibility index (Phi) is 6.72. The minimum atomic E-state index is -0.891. The fourth-order valence-corrected chi connectivity index (χ4v) is 3.67. The molecule has 7 nitrogen and oxygen atoms in total. The second-order valence-electron chi connectivity index (χ2n) is 7.55. The molecule has 158 valence electrons. The van der Waals surface area contributed by atoms with Crippen LogP contribution in [0.3, 0.4) is 0 Å². The van der Waals surface area contributed by atoms with Crippen LogP contribution in [0.25, 0.3) is 0 Å². The smallest absolute Gasteiger partial charge is 0.411 e. The third kappa shape index (κ3) is 4.79. The number of anilines is 1. The number of hydrogen-bond acceptors (Lipinski definition) is 4. The zero-order chi connectivity index (χ0) is 21.6. The standard InChI is InChI=1S/C23H27N3O4/c1-23(14-6-7-15-26(23)20(27)18-8-4-3-5-9-18)21(28)24-16-17-10-12-19(13-11-17)25-22(29)30-2/h3-5,8-13H,6-7,14-16H2,1-2H3,(H,24,28)(H,25,29). The van der Waals surface area contributed by atoms with E-state index < -0.39 is 11.6 Å². The maximum absolute atomic E-state index is 13.1. The first-order valence-electron chi connectivity index (χ1n) is 10.0. The van der Waals surface area contributed by atoms with E-state index in [0.29, 0.717) is 30.8 Å². The number of piperidine rings is 1. The number of hydrogen-bond donors (Lipinski definition) is 2. The van der Waals surface area contributed by atoms with Gasteiger partial charge in [-0.1, -0.05) is 30.3 Å². The zero-order valence-electron chi connectivity index (χ0n) is 17.3. The number of nitrogens with one attached hydrogen (secondary N) is 2. The number of rotatable bonds is 5. The maximum Gasteiger partial charge on any atom is 0.411 e. The first-order chi connectivity index (χ1) is 14.4. The first kappa shape index (κ1) is 21.4. The average Bonchev–Trinajstić information content (AvgIpc) is 2.78. The van der Waals surface area contributed by atoms with Gasteiger partial charge in [-0.25, -0.2) is 4.79 Å². The van der Waals surface area contributed by atoms with Gasteiger partial charge in [-0.2, -0.15) is 0 Å². The monoisotopic (exact) mass is 409 g/mol. The van der Waals surface area contributed by atoms with Crippen molar-refractivity contribution >= 4 is 23.6 Å². The number of nitrogens with zero attached hydrogens (tertiary/aromatic N) is 1. The van der Waals surface area contributed by atoms with Gasteiger partial charge in [-0.05, 0) is 56.0 Å². The van der Waals surface area contributed by atoms with Crippen molar-refractivity contribution in [1.29, 1.82) is 0 Å². The molecule has 2 aromatic rings. The Morgan fingerprint density at radius 1 is 1.03 bits per heavy atom. The lowest BCUT2D eigenvalue weighted by atomic mass is 9.86. The van der Waals surface area contributed by atoms with Crippen molar-refractivity contribution in [2.45, 2.75) is 38.3 Å². The predicted molar refractivity (Wildman–Crippen MR) is 114 cm³/mol. The highest BCUT2D eigenvalue weighted by Gasteiger charge is 2.43. The number of methoxy groups -OCH3 is 1. The Hall–Kier alpha value is -3.35. The number of benzene rings is 2. The van der Waals surface area contributed by atoms with E-state index in [1.165, 1.54) is 7.11 Å². The molecule has 2 aromatic carbocycles. The summed E-state index contributed by atoms with van der Waals surface area (Å²) in [5.74, 6) is -0.283. The summed E-state index contributed by atoms with van der Waals surface area (Å²) in [6.07, 6.45) is 1.87. The van der Waals surface area contributed by atoms with E-state index in [2.05, 4.69) is 15.4 Å². The summed E-state index contributed by atoms with van der Waals surface area (Å²) in [7, 11) is 1.30. The number of amides is 3. The van der Waals surface area contributed by atoms with Gasteiger partial charge >= 0.3 is 6.09 Å². The fraction of sp³-hybridized carbons (Fsp3) is 0.348. The quantitative estimate of drug-likeness (QED) is 0.790. The van der Waals surface area contributed by atoms with Gasteiger partial charge in [0.1, 0.15) is 5.54 Å². The van der Waals surface area contributed by atoms with Crippen LogP contribution in [-0.4, -0.2) is 42.0 Å². The number of ether oxygens (including phenoxy) is 1. The van der Waals surface area contributed by atoms with Crippen molar-refractivity contribution in [3.63, 3.8) is 0 Å². The summed E-state index contributed by atoms with van der Waals surface area (Å²) in [5.41, 5.74) is 1.19. The average molecular weight is 409 g/mol. The van der Waals surface area contributed by atoms with Crippen LogP contribution in [0.1, 0.15) is 42.1 Å². The van der Waals surface area contributed by atoms with Gasteiger partial charge in [0.25, 0.3) is 5.91 Å². The Labute approximate surface area is 176 Å². The molecule has 2 N–H and O–H groups in total. The molecular formula is C23H27N3O4. The van der Waals surface area contributed by atoms with Gasteiger partial charge in [0, 0.05) is 24.3 Å². The Morgan fingerprint density at radius 3 is 2.40 bits per heavy atom. The van der Waals surface area contributed by atoms with E-state index in [1.54, 1.807) is 29.2 Å². The Balaban J connectivity index is 1.66. The summed E-state index contributed by atoms with van der Waals surface area (Å²) in [6, 6.07) is 16.2. The van der Waals surface area contributed by atoms with Gasteiger partial charge in [0.05, 0.1) is 7.11 Å². The van der Waals surface area contributed by atoms with E-state index in [0.717, 1.165) is 18.4 Å². The third-order valence-electron chi connectivity index (χ3n) is 5.48. The lowest BCUT2D eigenvalue weighted by Crippen LogP contribution is -2.60. The van der Waals surface area contributed by atoms with Crippen molar-refractivity contribution in [2.24, 2.45) is 0 Å². The molecule has 1 aliphatic rings. The van der Waals surface area contributed by atoms with Crippen LogP contribution in [0, 0.1) is 0 Å². The SMILES string of the molecule is COC(=O)Nc1ccc(CNC(=O)C2(C)CCCCN2C(=O)c2ccccc2)cc1. The highest BCUT2D eigenvalue weighted by Crippen LogP contribution is 2.30. The van der Waals surface area contributed by atoms with Crippen LogP contribution in [0.5, 0.6) is 0 Å². The molecule has 1 fully saturated rings. The Morgan fingerprint density at radius 2 is 1.73 bits per heavy atom. The molecule has 3 amide bonds. The topological polar surface area (TPSA) is 87.7 Å². The number of carbonyl (C=O) groups excluding carboxylic acids is 3. The van der Waals surface area contributed by atoms with Crippen LogP contribution in [-0.2, 0) is 16.1 Å². The van der Waals surface area contributed by atoms with E-state index in [9.17, 15) is 14.4 Å². The van der Waals surface area contributed by atoms with E-state index in [4.69, 9.17) is 0 Å². The van der Waals surface area contributed by atoms with E-state index >= 15 is 0 Å². The van der Waals surface area contributed by atoms with E-state index in [1.807, 2.05) is 37.3 Å². The van der Waals surface area contributed by atoms with Crippen molar-refractivity contribution in [1.82, 2.24) is 10.2 Å². The molecule has 0 spiro atoms. The largest absolute Gasteiger partial charge is 0.453 e. The van der Waals surface area contributed by atoms with Crippen molar-refractivity contribution in [3.8, 4) is 0 Å². The molecule has 3 rings (SSSR count). The fourth-order valence-electron chi connectivity index (χ4n) is 3.67. The maximum atomic E-state index is 13.1. The Bertz CT molecular complexity index is 898. The predicted octanol–water partition coefficient (Wildman–Crippen LogP) is 3.57. The molecule has 1 unspecified atom stereocenters. The normalized spacial score (nSPS) is 18.4. The summed E-state index contributed by atoms with van der Waals surface area (Å²) in [6.45, 7) is 2.73. The lowest BCUT2D eigenvalue weighted by molar-refractivity contribution is -0.133.